The molecular formula is C10H14FN3. The first-order chi connectivity index (χ1) is 6.69. The van der Waals surface area contributed by atoms with Gasteiger partial charge < -0.3 is 11.2 Å². The Kier molecular flexibility index (Phi) is 3.48. The van der Waals surface area contributed by atoms with E-state index in [0.717, 1.165) is 12.0 Å². The molecular weight excluding hydrogens is 181 g/mol. The molecule has 1 rings (SSSR count). The second-order valence-corrected chi connectivity index (χ2v) is 2.92. The molecule has 0 saturated heterocycles. The molecule has 0 amide bonds. The first-order valence-electron chi connectivity index (χ1n) is 4.39. The Morgan fingerprint density at radius 1 is 1.57 bits per heavy atom. The summed E-state index contributed by atoms with van der Waals surface area (Å²) in [7, 11) is 0. The van der Waals surface area contributed by atoms with Crippen LogP contribution in [0.1, 0.15) is 18.1 Å². The summed E-state index contributed by atoms with van der Waals surface area (Å²) < 4.78 is 12.9. The Morgan fingerprint density at radius 3 is 2.86 bits per heavy atom. The summed E-state index contributed by atoms with van der Waals surface area (Å²) in [6.45, 7) is 1.99. The minimum Gasteiger partial charge on any atom is -0.397 e. The molecule has 0 saturated carbocycles. The van der Waals surface area contributed by atoms with Crippen molar-refractivity contribution in [1.82, 2.24) is 5.43 Å². The fraction of sp³-hybridized carbons (Fsp3) is 0.200. The lowest BCUT2D eigenvalue weighted by Crippen LogP contribution is -2.16. The van der Waals surface area contributed by atoms with Gasteiger partial charge in [-0.25, -0.2) is 4.39 Å². The van der Waals surface area contributed by atoms with E-state index in [2.05, 4.69) is 5.43 Å². The van der Waals surface area contributed by atoms with Crippen LogP contribution in [0.4, 0.5) is 4.39 Å². The maximum absolute atomic E-state index is 12.9. The standard InChI is InChI=1S/C10H14FN3/c1-2-7-3-4-8(11)5-9(7)10(12)6-14-13/h3-6,14H,2,12-13H2,1H3. The largest absolute Gasteiger partial charge is 0.397 e. The van der Waals surface area contributed by atoms with Gasteiger partial charge in [0.1, 0.15) is 5.82 Å². The van der Waals surface area contributed by atoms with Crippen molar-refractivity contribution in [2.75, 3.05) is 0 Å². The molecule has 0 aliphatic rings. The van der Waals surface area contributed by atoms with Crippen LogP contribution in [0.3, 0.4) is 0 Å². The van der Waals surface area contributed by atoms with Crippen LogP contribution in [-0.4, -0.2) is 0 Å². The molecule has 1 aromatic rings. The van der Waals surface area contributed by atoms with E-state index in [4.69, 9.17) is 11.6 Å². The Labute approximate surface area is 82.6 Å². The number of halogens is 1. The van der Waals surface area contributed by atoms with Crippen molar-refractivity contribution in [2.45, 2.75) is 13.3 Å². The number of rotatable bonds is 3. The van der Waals surface area contributed by atoms with Gasteiger partial charge in [0.15, 0.2) is 0 Å². The topological polar surface area (TPSA) is 64.1 Å². The van der Waals surface area contributed by atoms with Crippen molar-refractivity contribution in [3.8, 4) is 0 Å². The van der Waals surface area contributed by atoms with Crippen LogP contribution < -0.4 is 17.0 Å². The predicted octanol–water partition coefficient (Wildman–Crippen LogP) is 1.11. The van der Waals surface area contributed by atoms with Crippen LogP contribution in [0.25, 0.3) is 5.70 Å². The summed E-state index contributed by atoms with van der Waals surface area (Å²) in [5.74, 6) is 4.80. The molecule has 0 unspecified atom stereocenters. The highest BCUT2D eigenvalue weighted by molar-refractivity contribution is 5.65. The zero-order valence-electron chi connectivity index (χ0n) is 8.05. The van der Waals surface area contributed by atoms with E-state index in [1.165, 1.54) is 18.3 Å². The molecule has 4 heteroatoms. The molecule has 1 aromatic carbocycles. The first-order valence-corrected chi connectivity index (χ1v) is 4.39. The lowest BCUT2D eigenvalue weighted by molar-refractivity contribution is 0.626. The van der Waals surface area contributed by atoms with E-state index in [1.54, 1.807) is 6.07 Å². The van der Waals surface area contributed by atoms with Crippen LogP contribution >= 0.6 is 0 Å². The lowest BCUT2D eigenvalue weighted by atomic mass is 10.0. The molecule has 14 heavy (non-hydrogen) atoms. The highest BCUT2D eigenvalue weighted by atomic mass is 19.1. The quantitative estimate of drug-likeness (QED) is 0.500. The number of aryl methyl sites for hydroxylation is 1. The zero-order valence-corrected chi connectivity index (χ0v) is 8.05. The highest BCUT2D eigenvalue weighted by Gasteiger charge is 2.04. The molecule has 76 valence electrons. The molecule has 0 aliphatic heterocycles. The normalized spacial score (nSPS) is 11.5. The van der Waals surface area contributed by atoms with Gasteiger partial charge in [0.05, 0.1) is 5.70 Å². The van der Waals surface area contributed by atoms with Crippen molar-refractivity contribution in [2.24, 2.45) is 11.6 Å². The number of hydrogen-bond donors (Lipinski definition) is 3. The molecule has 5 N–H and O–H groups in total. The summed E-state index contributed by atoms with van der Waals surface area (Å²) in [6.07, 6.45) is 2.24. The van der Waals surface area contributed by atoms with E-state index >= 15 is 0 Å². The fourth-order valence-electron chi connectivity index (χ4n) is 1.29. The van der Waals surface area contributed by atoms with Crippen molar-refractivity contribution >= 4 is 5.70 Å². The summed E-state index contributed by atoms with van der Waals surface area (Å²) in [5.41, 5.74) is 10.1. The molecule has 0 fully saturated rings. The van der Waals surface area contributed by atoms with Crippen LogP contribution in [0, 0.1) is 5.82 Å². The van der Waals surface area contributed by atoms with Gasteiger partial charge >= 0.3 is 0 Å². The van der Waals surface area contributed by atoms with Gasteiger partial charge in [0.2, 0.25) is 0 Å². The number of hydrogen-bond acceptors (Lipinski definition) is 3. The smallest absolute Gasteiger partial charge is 0.123 e. The van der Waals surface area contributed by atoms with Crippen LogP contribution in [0.5, 0.6) is 0 Å². The van der Waals surface area contributed by atoms with Crippen LogP contribution in [-0.2, 0) is 6.42 Å². The summed E-state index contributed by atoms with van der Waals surface area (Å²) in [5, 5.41) is 0. The van der Waals surface area contributed by atoms with Crippen molar-refractivity contribution in [3.05, 3.63) is 41.3 Å². The Bertz CT molecular complexity index is 347. The van der Waals surface area contributed by atoms with Crippen molar-refractivity contribution in [1.29, 1.82) is 0 Å². The SMILES string of the molecule is CCc1ccc(F)cc1C(N)=CNN. The summed E-state index contributed by atoms with van der Waals surface area (Å²) in [6, 6.07) is 4.55. The molecule has 3 nitrogen and oxygen atoms in total. The second kappa shape index (κ2) is 4.62. The van der Waals surface area contributed by atoms with Gasteiger partial charge in [-0.2, -0.15) is 0 Å². The summed E-state index contributed by atoms with van der Waals surface area (Å²) >= 11 is 0. The lowest BCUT2D eigenvalue weighted by Gasteiger charge is -2.08. The van der Waals surface area contributed by atoms with E-state index in [0.29, 0.717) is 11.3 Å². The number of nitrogens with one attached hydrogen (secondary N) is 1. The Morgan fingerprint density at radius 2 is 2.29 bits per heavy atom. The number of benzene rings is 1. The average molecular weight is 195 g/mol. The van der Waals surface area contributed by atoms with Crippen molar-refractivity contribution in [3.63, 3.8) is 0 Å². The minimum atomic E-state index is -0.300. The van der Waals surface area contributed by atoms with Crippen LogP contribution in [0.15, 0.2) is 24.4 Å². The number of nitrogens with two attached hydrogens (primary N) is 2. The molecule has 0 radical (unpaired) electrons. The minimum absolute atomic E-state index is 0.300. The van der Waals surface area contributed by atoms with E-state index < -0.39 is 0 Å². The monoisotopic (exact) mass is 195 g/mol. The Balaban J connectivity index is 3.16. The second-order valence-electron chi connectivity index (χ2n) is 2.92. The predicted molar refractivity (Wildman–Crippen MR) is 55.3 cm³/mol. The van der Waals surface area contributed by atoms with Gasteiger partial charge in [-0.15, -0.1) is 0 Å². The van der Waals surface area contributed by atoms with E-state index in [-0.39, 0.29) is 5.82 Å². The summed E-state index contributed by atoms with van der Waals surface area (Å²) in [4.78, 5) is 0. The van der Waals surface area contributed by atoms with Gasteiger partial charge in [-0.05, 0) is 24.1 Å². The van der Waals surface area contributed by atoms with Gasteiger partial charge in [-0.3, -0.25) is 5.84 Å². The average Bonchev–Trinajstić information content (AvgIpc) is 2.18. The van der Waals surface area contributed by atoms with E-state index in [1.807, 2.05) is 6.92 Å². The maximum Gasteiger partial charge on any atom is 0.123 e. The first kappa shape index (κ1) is 10.5. The zero-order chi connectivity index (χ0) is 10.6. The van der Waals surface area contributed by atoms with Gasteiger partial charge in [0.25, 0.3) is 0 Å². The highest BCUT2D eigenvalue weighted by Crippen LogP contribution is 2.17. The molecule has 0 bridgehead atoms. The molecule has 0 spiro atoms. The molecule has 0 heterocycles. The third-order valence-electron chi connectivity index (χ3n) is 2.00. The molecule has 0 aliphatic carbocycles. The van der Waals surface area contributed by atoms with Crippen LogP contribution in [0.2, 0.25) is 0 Å². The van der Waals surface area contributed by atoms with Gasteiger partial charge in [0, 0.05) is 11.8 Å². The molecule has 0 aromatic heterocycles. The maximum atomic E-state index is 12.9. The van der Waals surface area contributed by atoms with Crippen molar-refractivity contribution < 1.29 is 4.39 Å². The van der Waals surface area contributed by atoms with Gasteiger partial charge in [-0.1, -0.05) is 13.0 Å². The fourth-order valence-corrected chi connectivity index (χ4v) is 1.29. The Hall–Kier alpha value is -1.55. The van der Waals surface area contributed by atoms with E-state index in [9.17, 15) is 4.39 Å². The third-order valence-corrected chi connectivity index (χ3v) is 2.00. The third kappa shape index (κ3) is 2.23. The number of hydrazine groups is 1. The molecule has 0 atom stereocenters.